The SMILES string of the molecule is CCOc1ccc(NC(=S)NCCCN(C)C)cc1OC. The van der Waals surface area contributed by atoms with Crippen molar-refractivity contribution in [3.63, 3.8) is 0 Å². The molecule has 21 heavy (non-hydrogen) atoms. The van der Waals surface area contributed by atoms with Crippen molar-refractivity contribution in [1.29, 1.82) is 0 Å². The van der Waals surface area contributed by atoms with Gasteiger partial charge in [0.2, 0.25) is 0 Å². The first kappa shape index (κ1) is 17.5. The molecule has 0 aliphatic rings. The smallest absolute Gasteiger partial charge is 0.170 e. The second-order valence-corrected chi connectivity index (χ2v) is 5.24. The third kappa shape index (κ3) is 6.64. The van der Waals surface area contributed by atoms with Crippen LogP contribution >= 0.6 is 12.2 Å². The summed E-state index contributed by atoms with van der Waals surface area (Å²) in [6.07, 6.45) is 1.04. The predicted octanol–water partition coefficient (Wildman–Crippen LogP) is 2.33. The van der Waals surface area contributed by atoms with E-state index in [9.17, 15) is 0 Å². The molecule has 0 aliphatic carbocycles. The minimum atomic E-state index is 0.606. The summed E-state index contributed by atoms with van der Waals surface area (Å²) >= 11 is 5.27. The quantitative estimate of drug-likeness (QED) is 0.567. The Bertz CT molecular complexity index is 453. The van der Waals surface area contributed by atoms with Crippen LogP contribution in [0, 0.1) is 0 Å². The number of hydrogen-bond donors (Lipinski definition) is 2. The fourth-order valence-corrected chi connectivity index (χ4v) is 2.01. The number of nitrogens with zero attached hydrogens (tertiary/aromatic N) is 1. The Morgan fingerprint density at radius 3 is 2.67 bits per heavy atom. The molecule has 0 aliphatic heterocycles. The maximum atomic E-state index is 5.48. The van der Waals surface area contributed by atoms with E-state index in [4.69, 9.17) is 21.7 Å². The molecular formula is C15H25N3O2S. The molecule has 1 aromatic rings. The monoisotopic (exact) mass is 311 g/mol. The zero-order valence-corrected chi connectivity index (χ0v) is 14.0. The molecule has 1 rings (SSSR count). The largest absolute Gasteiger partial charge is 0.493 e. The first-order valence-corrected chi connectivity index (χ1v) is 7.48. The first-order chi connectivity index (χ1) is 10.1. The van der Waals surface area contributed by atoms with Gasteiger partial charge in [0.25, 0.3) is 0 Å². The minimum absolute atomic E-state index is 0.606. The summed E-state index contributed by atoms with van der Waals surface area (Å²) in [7, 11) is 5.74. The van der Waals surface area contributed by atoms with Gasteiger partial charge in [-0.25, -0.2) is 0 Å². The molecule has 118 valence electrons. The molecule has 1 aromatic carbocycles. The number of hydrogen-bond acceptors (Lipinski definition) is 4. The number of nitrogens with one attached hydrogen (secondary N) is 2. The molecule has 0 unspecified atom stereocenters. The number of thiocarbonyl (C=S) groups is 1. The second kappa shape index (κ2) is 9.41. The van der Waals surface area contributed by atoms with Crippen LogP contribution in [0.3, 0.4) is 0 Å². The molecule has 0 aromatic heterocycles. The van der Waals surface area contributed by atoms with Crippen LogP contribution in [0.1, 0.15) is 13.3 Å². The van der Waals surface area contributed by atoms with Gasteiger partial charge >= 0.3 is 0 Å². The lowest BCUT2D eigenvalue weighted by Crippen LogP contribution is -2.30. The van der Waals surface area contributed by atoms with Crippen LogP contribution in [0.25, 0.3) is 0 Å². The highest BCUT2D eigenvalue weighted by Gasteiger charge is 2.06. The van der Waals surface area contributed by atoms with E-state index in [0.717, 1.165) is 30.9 Å². The van der Waals surface area contributed by atoms with Gasteiger partial charge in [-0.05, 0) is 58.3 Å². The molecule has 0 saturated heterocycles. The van der Waals surface area contributed by atoms with Gasteiger partial charge in [-0.15, -0.1) is 0 Å². The maximum Gasteiger partial charge on any atom is 0.170 e. The van der Waals surface area contributed by atoms with E-state index < -0.39 is 0 Å². The number of anilines is 1. The third-order valence-electron chi connectivity index (χ3n) is 2.79. The standard InChI is InChI=1S/C15H25N3O2S/c1-5-20-13-8-7-12(11-14(13)19-4)17-15(21)16-9-6-10-18(2)3/h7-8,11H,5-6,9-10H2,1-4H3,(H2,16,17,21). The average Bonchev–Trinajstić information content (AvgIpc) is 2.45. The van der Waals surface area contributed by atoms with Gasteiger partial charge in [0.15, 0.2) is 16.6 Å². The van der Waals surface area contributed by atoms with E-state index in [1.54, 1.807) is 7.11 Å². The molecule has 5 nitrogen and oxygen atoms in total. The Balaban J connectivity index is 2.48. The maximum absolute atomic E-state index is 5.48. The van der Waals surface area contributed by atoms with E-state index in [1.807, 2.05) is 25.1 Å². The van der Waals surface area contributed by atoms with Crippen molar-refractivity contribution in [1.82, 2.24) is 10.2 Å². The topological polar surface area (TPSA) is 45.8 Å². The number of ether oxygens (including phenoxy) is 2. The lowest BCUT2D eigenvalue weighted by Gasteiger charge is -2.14. The van der Waals surface area contributed by atoms with Crippen LogP contribution in [-0.2, 0) is 0 Å². The van der Waals surface area contributed by atoms with E-state index in [2.05, 4.69) is 29.6 Å². The highest BCUT2D eigenvalue weighted by atomic mass is 32.1. The summed E-state index contributed by atoms with van der Waals surface area (Å²) < 4.78 is 10.8. The van der Waals surface area contributed by atoms with Crippen LogP contribution in [0.15, 0.2) is 18.2 Å². The van der Waals surface area contributed by atoms with Crippen LogP contribution in [0.2, 0.25) is 0 Å². The molecule has 0 spiro atoms. The molecule has 0 bridgehead atoms. The van der Waals surface area contributed by atoms with Gasteiger partial charge in [0, 0.05) is 18.3 Å². The van der Waals surface area contributed by atoms with Crippen molar-refractivity contribution in [2.75, 3.05) is 46.2 Å². The Labute approximate surface area is 132 Å². The van der Waals surface area contributed by atoms with Crippen molar-refractivity contribution in [2.24, 2.45) is 0 Å². The summed E-state index contributed by atoms with van der Waals surface area (Å²) in [5.41, 5.74) is 0.875. The fourth-order valence-electron chi connectivity index (χ4n) is 1.79. The lowest BCUT2D eigenvalue weighted by atomic mass is 10.2. The average molecular weight is 311 g/mol. The zero-order chi connectivity index (χ0) is 15.7. The highest BCUT2D eigenvalue weighted by molar-refractivity contribution is 7.80. The van der Waals surface area contributed by atoms with E-state index in [-0.39, 0.29) is 0 Å². The van der Waals surface area contributed by atoms with E-state index in [1.165, 1.54) is 0 Å². The predicted molar refractivity (Wildman–Crippen MR) is 91.6 cm³/mol. The van der Waals surface area contributed by atoms with Crippen molar-refractivity contribution >= 4 is 23.0 Å². The summed E-state index contributed by atoms with van der Waals surface area (Å²) in [5.74, 6) is 1.42. The van der Waals surface area contributed by atoms with Crippen molar-refractivity contribution < 1.29 is 9.47 Å². The lowest BCUT2D eigenvalue weighted by molar-refractivity contribution is 0.311. The Hall–Kier alpha value is -1.53. The number of rotatable bonds is 8. The molecule has 0 saturated carbocycles. The summed E-state index contributed by atoms with van der Waals surface area (Å²) in [4.78, 5) is 2.15. The molecule has 0 radical (unpaired) electrons. The first-order valence-electron chi connectivity index (χ1n) is 7.07. The minimum Gasteiger partial charge on any atom is -0.493 e. The van der Waals surface area contributed by atoms with Crippen LogP contribution < -0.4 is 20.1 Å². The van der Waals surface area contributed by atoms with E-state index in [0.29, 0.717) is 17.5 Å². The van der Waals surface area contributed by atoms with E-state index >= 15 is 0 Å². The molecule has 2 N–H and O–H groups in total. The van der Waals surface area contributed by atoms with Crippen LogP contribution in [-0.4, -0.2) is 50.9 Å². The van der Waals surface area contributed by atoms with Gasteiger partial charge in [-0.3, -0.25) is 0 Å². The number of methoxy groups -OCH3 is 1. The van der Waals surface area contributed by atoms with Gasteiger partial charge < -0.3 is 25.0 Å². The van der Waals surface area contributed by atoms with Gasteiger partial charge in [-0.2, -0.15) is 0 Å². The Morgan fingerprint density at radius 1 is 1.29 bits per heavy atom. The highest BCUT2D eigenvalue weighted by Crippen LogP contribution is 2.30. The normalized spacial score (nSPS) is 10.3. The number of benzene rings is 1. The van der Waals surface area contributed by atoms with Crippen LogP contribution in [0.5, 0.6) is 11.5 Å². The second-order valence-electron chi connectivity index (χ2n) is 4.84. The molecule has 6 heteroatoms. The zero-order valence-electron chi connectivity index (χ0n) is 13.2. The summed E-state index contributed by atoms with van der Waals surface area (Å²) in [6, 6.07) is 5.67. The Kier molecular flexibility index (Phi) is 7.85. The van der Waals surface area contributed by atoms with Gasteiger partial charge in [0.1, 0.15) is 0 Å². The van der Waals surface area contributed by atoms with Gasteiger partial charge in [-0.1, -0.05) is 0 Å². The van der Waals surface area contributed by atoms with Crippen molar-refractivity contribution in [3.8, 4) is 11.5 Å². The molecule has 0 amide bonds. The van der Waals surface area contributed by atoms with Crippen molar-refractivity contribution in [3.05, 3.63) is 18.2 Å². The Morgan fingerprint density at radius 2 is 2.05 bits per heavy atom. The molecule has 0 heterocycles. The molecule has 0 atom stereocenters. The van der Waals surface area contributed by atoms with Crippen LogP contribution in [0.4, 0.5) is 5.69 Å². The van der Waals surface area contributed by atoms with Gasteiger partial charge in [0.05, 0.1) is 13.7 Å². The summed E-state index contributed by atoms with van der Waals surface area (Å²) in [6.45, 7) is 4.43. The third-order valence-corrected chi connectivity index (χ3v) is 3.04. The molecule has 0 fully saturated rings. The fraction of sp³-hybridized carbons (Fsp3) is 0.533. The van der Waals surface area contributed by atoms with Crippen molar-refractivity contribution in [2.45, 2.75) is 13.3 Å². The molecular weight excluding hydrogens is 286 g/mol. The summed E-state index contributed by atoms with van der Waals surface area (Å²) in [5, 5.41) is 6.94.